The molecule has 0 saturated heterocycles. The first-order valence-electron chi connectivity index (χ1n) is 6.25. The Balaban J connectivity index is 2.68. The van der Waals surface area contributed by atoms with Crippen LogP contribution in [0.2, 0.25) is 10.0 Å². The van der Waals surface area contributed by atoms with E-state index in [1.165, 1.54) is 0 Å². The van der Waals surface area contributed by atoms with Crippen LogP contribution in [0, 0.1) is 5.92 Å². The number of carbonyl (C=O) groups excluding carboxylic acids is 1. The lowest BCUT2D eigenvalue weighted by Crippen LogP contribution is -2.42. The molecule has 1 aromatic carbocycles. The van der Waals surface area contributed by atoms with Gasteiger partial charge in [-0.1, -0.05) is 43.1 Å². The van der Waals surface area contributed by atoms with Gasteiger partial charge in [0.1, 0.15) is 0 Å². The van der Waals surface area contributed by atoms with E-state index in [1.807, 2.05) is 19.9 Å². The highest BCUT2D eigenvalue weighted by molar-refractivity contribution is 6.35. The van der Waals surface area contributed by atoms with Gasteiger partial charge >= 0.3 is 0 Å². The zero-order valence-electron chi connectivity index (χ0n) is 11.5. The van der Waals surface area contributed by atoms with Crippen LogP contribution < -0.4 is 5.73 Å². The quantitative estimate of drug-likeness (QED) is 0.907. The Morgan fingerprint density at radius 2 is 2.00 bits per heavy atom. The van der Waals surface area contributed by atoms with Crippen molar-refractivity contribution in [2.24, 2.45) is 11.7 Å². The van der Waals surface area contributed by atoms with Crippen LogP contribution in [0.3, 0.4) is 0 Å². The number of nitrogens with zero attached hydrogens (tertiary/aromatic N) is 1. The molecule has 1 rings (SSSR count). The van der Waals surface area contributed by atoms with Crippen LogP contribution in [0.25, 0.3) is 0 Å². The summed E-state index contributed by atoms with van der Waals surface area (Å²) >= 11 is 11.9. The second kappa shape index (κ2) is 7.13. The highest BCUT2D eigenvalue weighted by Crippen LogP contribution is 2.22. The standard InChI is InChI=1S/C14H20Cl2N2O/c1-9(2)6-13(17)14(19)18(3)8-10-4-5-11(15)7-12(10)16/h4-5,7,9,13H,6,8,17H2,1-3H3/t13-/m0/s1. The number of carbonyl (C=O) groups is 1. The Bertz CT molecular complexity index is 449. The van der Waals surface area contributed by atoms with Gasteiger partial charge in [-0.2, -0.15) is 0 Å². The summed E-state index contributed by atoms with van der Waals surface area (Å²) < 4.78 is 0. The summed E-state index contributed by atoms with van der Waals surface area (Å²) in [5.41, 5.74) is 6.75. The highest BCUT2D eigenvalue weighted by Gasteiger charge is 2.19. The van der Waals surface area contributed by atoms with E-state index in [-0.39, 0.29) is 5.91 Å². The summed E-state index contributed by atoms with van der Waals surface area (Å²) in [5.74, 6) is 0.325. The first-order chi connectivity index (χ1) is 8.81. The van der Waals surface area contributed by atoms with E-state index < -0.39 is 6.04 Å². The van der Waals surface area contributed by atoms with Gasteiger partial charge in [0.05, 0.1) is 6.04 Å². The molecule has 1 amide bonds. The minimum absolute atomic E-state index is 0.0697. The van der Waals surface area contributed by atoms with Gasteiger partial charge in [0, 0.05) is 23.6 Å². The largest absolute Gasteiger partial charge is 0.340 e. The lowest BCUT2D eigenvalue weighted by molar-refractivity contribution is -0.132. The first kappa shape index (κ1) is 16.3. The predicted octanol–water partition coefficient (Wildman–Crippen LogP) is 3.33. The molecule has 0 bridgehead atoms. The molecule has 0 aliphatic carbocycles. The van der Waals surface area contributed by atoms with Crippen LogP contribution in [0.4, 0.5) is 0 Å². The van der Waals surface area contributed by atoms with Gasteiger partial charge in [-0.15, -0.1) is 0 Å². The van der Waals surface area contributed by atoms with Crippen molar-refractivity contribution in [1.82, 2.24) is 4.90 Å². The minimum atomic E-state index is -0.462. The monoisotopic (exact) mass is 302 g/mol. The van der Waals surface area contributed by atoms with Crippen LogP contribution in [-0.2, 0) is 11.3 Å². The van der Waals surface area contributed by atoms with E-state index in [0.29, 0.717) is 28.9 Å². The lowest BCUT2D eigenvalue weighted by atomic mass is 10.0. The number of likely N-dealkylation sites (N-methyl/N-ethyl adjacent to an activating group) is 1. The van der Waals surface area contributed by atoms with Crippen LogP contribution in [0.15, 0.2) is 18.2 Å². The minimum Gasteiger partial charge on any atom is -0.340 e. The molecule has 0 spiro atoms. The van der Waals surface area contributed by atoms with Gasteiger partial charge in [-0.3, -0.25) is 4.79 Å². The van der Waals surface area contributed by atoms with Gasteiger partial charge < -0.3 is 10.6 Å². The van der Waals surface area contributed by atoms with Crippen LogP contribution in [0.1, 0.15) is 25.8 Å². The Hall–Kier alpha value is -0.770. The Morgan fingerprint density at radius 1 is 1.37 bits per heavy atom. The lowest BCUT2D eigenvalue weighted by Gasteiger charge is -2.22. The molecule has 19 heavy (non-hydrogen) atoms. The Labute approximate surface area is 124 Å². The van der Waals surface area contributed by atoms with E-state index in [9.17, 15) is 4.79 Å². The van der Waals surface area contributed by atoms with Crippen LogP contribution in [-0.4, -0.2) is 23.9 Å². The number of rotatable bonds is 5. The molecule has 5 heteroatoms. The smallest absolute Gasteiger partial charge is 0.239 e. The number of halogens is 2. The van der Waals surface area contributed by atoms with Crippen molar-refractivity contribution < 1.29 is 4.79 Å². The van der Waals surface area contributed by atoms with E-state index in [1.54, 1.807) is 24.1 Å². The van der Waals surface area contributed by atoms with Crippen molar-refractivity contribution in [3.05, 3.63) is 33.8 Å². The maximum atomic E-state index is 12.1. The molecule has 1 atom stereocenters. The Kier molecular flexibility index (Phi) is 6.11. The zero-order chi connectivity index (χ0) is 14.6. The average Bonchev–Trinajstić information content (AvgIpc) is 2.30. The molecular weight excluding hydrogens is 283 g/mol. The molecule has 0 aliphatic heterocycles. The zero-order valence-corrected chi connectivity index (χ0v) is 13.0. The summed E-state index contributed by atoms with van der Waals surface area (Å²) in [4.78, 5) is 13.7. The van der Waals surface area contributed by atoms with E-state index in [2.05, 4.69) is 0 Å². The van der Waals surface area contributed by atoms with Crippen LogP contribution >= 0.6 is 23.2 Å². The molecule has 0 aromatic heterocycles. The van der Waals surface area contributed by atoms with Crippen molar-refractivity contribution >= 4 is 29.1 Å². The summed E-state index contributed by atoms with van der Waals surface area (Å²) in [5, 5.41) is 1.14. The molecule has 2 N–H and O–H groups in total. The molecule has 0 heterocycles. The third kappa shape index (κ3) is 5.01. The molecule has 1 aromatic rings. The van der Waals surface area contributed by atoms with Crippen molar-refractivity contribution in [3.63, 3.8) is 0 Å². The van der Waals surface area contributed by atoms with E-state index in [0.717, 1.165) is 5.56 Å². The van der Waals surface area contributed by atoms with Crippen LogP contribution in [0.5, 0.6) is 0 Å². The molecule has 0 aliphatic rings. The van der Waals surface area contributed by atoms with E-state index >= 15 is 0 Å². The fourth-order valence-electron chi connectivity index (χ4n) is 1.88. The normalized spacial score (nSPS) is 12.6. The maximum absolute atomic E-state index is 12.1. The molecule has 3 nitrogen and oxygen atoms in total. The predicted molar refractivity (Wildman–Crippen MR) is 80.4 cm³/mol. The van der Waals surface area contributed by atoms with Crippen molar-refractivity contribution in [3.8, 4) is 0 Å². The fraction of sp³-hybridized carbons (Fsp3) is 0.500. The summed E-state index contributed by atoms with van der Waals surface area (Å²) in [6.07, 6.45) is 0.678. The van der Waals surface area contributed by atoms with Gasteiger partial charge in [0.2, 0.25) is 5.91 Å². The third-order valence-corrected chi connectivity index (χ3v) is 3.43. The molecule has 0 fully saturated rings. The second-order valence-electron chi connectivity index (χ2n) is 5.17. The fourth-order valence-corrected chi connectivity index (χ4v) is 2.34. The van der Waals surface area contributed by atoms with E-state index in [4.69, 9.17) is 28.9 Å². The second-order valence-corrected chi connectivity index (χ2v) is 6.01. The Morgan fingerprint density at radius 3 is 2.53 bits per heavy atom. The number of hydrogen-bond donors (Lipinski definition) is 1. The van der Waals surface area contributed by atoms with Crippen molar-refractivity contribution in [2.45, 2.75) is 32.9 Å². The number of nitrogens with two attached hydrogens (primary N) is 1. The topological polar surface area (TPSA) is 46.3 Å². The van der Waals surface area contributed by atoms with Gasteiger partial charge in [-0.25, -0.2) is 0 Å². The van der Waals surface area contributed by atoms with Gasteiger partial charge in [0.25, 0.3) is 0 Å². The van der Waals surface area contributed by atoms with Gasteiger partial charge in [-0.05, 0) is 30.0 Å². The van der Waals surface area contributed by atoms with Crippen molar-refractivity contribution in [1.29, 1.82) is 0 Å². The number of benzene rings is 1. The summed E-state index contributed by atoms with van der Waals surface area (Å²) in [7, 11) is 1.73. The molecule has 0 saturated carbocycles. The molecule has 0 unspecified atom stereocenters. The SMILES string of the molecule is CC(C)C[C@H](N)C(=O)N(C)Cc1ccc(Cl)cc1Cl. The highest BCUT2D eigenvalue weighted by atomic mass is 35.5. The third-order valence-electron chi connectivity index (χ3n) is 2.84. The molecule has 0 radical (unpaired) electrons. The summed E-state index contributed by atoms with van der Waals surface area (Å²) in [6, 6.07) is 4.79. The van der Waals surface area contributed by atoms with Crippen molar-refractivity contribution in [2.75, 3.05) is 7.05 Å². The average molecular weight is 303 g/mol. The van der Waals surface area contributed by atoms with Gasteiger partial charge in [0.15, 0.2) is 0 Å². The molecular formula is C14H20Cl2N2O. The molecule has 106 valence electrons. The maximum Gasteiger partial charge on any atom is 0.239 e. The summed E-state index contributed by atoms with van der Waals surface area (Å²) in [6.45, 7) is 4.52. The number of hydrogen-bond acceptors (Lipinski definition) is 2. The number of amides is 1. The first-order valence-corrected chi connectivity index (χ1v) is 7.01.